The van der Waals surface area contributed by atoms with Crippen molar-refractivity contribution in [3.8, 4) is 0 Å². The summed E-state index contributed by atoms with van der Waals surface area (Å²) >= 11 is 0. The SMILES string of the molecule is NCCC(N)(Cc1cccnc1)Cc1cccnc1. The normalized spacial score (nSPS) is 11.5. The standard InChI is InChI=1S/C15H20N4/c16-6-5-15(17,9-13-3-1-7-18-11-13)10-14-4-2-8-19-12-14/h1-4,7-8,11-12H,5-6,9-10,16-17H2. The van der Waals surface area contributed by atoms with E-state index < -0.39 is 0 Å². The van der Waals surface area contributed by atoms with Gasteiger partial charge in [0.15, 0.2) is 0 Å². The van der Waals surface area contributed by atoms with E-state index in [0.717, 1.165) is 30.4 Å². The Morgan fingerprint density at radius 1 is 0.947 bits per heavy atom. The van der Waals surface area contributed by atoms with Gasteiger partial charge in [0, 0.05) is 30.3 Å². The first-order valence-electron chi connectivity index (χ1n) is 6.49. The third-order valence-electron chi connectivity index (χ3n) is 3.20. The van der Waals surface area contributed by atoms with Crippen LogP contribution >= 0.6 is 0 Å². The molecule has 0 aliphatic carbocycles. The van der Waals surface area contributed by atoms with E-state index in [2.05, 4.69) is 9.97 Å². The Bertz CT molecular complexity index is 443. The number of pyridine rings is 2. The molecule has 19 heavy (non-hydrogen) atoms. The van der Waals surface area contributed by atoms with Crippen molar-refractivity contribution in [1.29, 1.82) is 0 Å². The number of hydrogen-bond acceptors (Lipinski definition) is 4. The van der Waals surface area contributed by atoms with Crippen LogP contribution in [0.15, 0.2) is 49.1 Å². The highest BCUT2D eigenvalue weighted by atomic mass is 14.8. The smallest absolute Gasteiger partial charge is 0.0300 e. The van der Waals surface area contributed by atoms with Gasteiger partial charge in [-0.2, -0.15) is 0 Å². The van der Waals surface area contributed by atoms with Crippen molar-refractivity contribution in [1.82, 2.24) is 9.97 Å². The minimum Gasteiger partial charge on any atom is -0.330 e. The van der Waals surface area contributed by atoms with Crippen LogP contribution in [0.25, 0.3) is 0 Å². The molecule has 0 unspecified atom stereocenters. The highest BCUT2D eigenvalue weighted by Crippen LogP contribution is 2.19. The van der Waals surface area contributed by atoms with Gasteiger partial charge in [0.25, 0.3) is 0 Å². The minimum atomic E-state index is -0.346. The van der Waals surface area contributed by atoms with E-state index in [4.69, 9.17) is 11.5 Å². The van der Waals surface area contributed by atoms with Crippen molar-refractivity contribution in [2.45, 2.75) is 24.8 Å². The molecule has 4 N–H and O–H groups in total. The average molecular weight is 256 g/mol. The van der Waals surface area contributed by atoms with E-state index >= 15 is 0 Å². The van der Waals surface area contributed by atoms with Crippen LogP contribution in [-0.2, 0) is 12.8 Å². The summed E-state index contributed by atoms with van der Waals surface area (Å²) in [5.74, 6) is 0. The molecular weight excluding hydrogens is 236 g/mol. The van der Waals surface area contributed by atoms with Gasteiger partial charge in [0.1, 0.15) is 0 Å². The van der Waals surface area contributed by atoms with Gasteiger partial charge >= 0.3 is 0 Å². The fourth-order valence-electron chi connectivity index (χ4n) is 2.35. The minimum absolute atomic E-state index is 0.346. The molecule has 4 nitrogen and oxygen atoms in total. The zero-order valence-electron chi connectivity index (χ0n) is 11.0. The van der Waals surface area contributed by atoms with Crippen LogP contribution in [-0.4, -0.2) is 22.1 Å². The van der Waals surface area contributed by atoms with Crippen molar-refractivity contribution < 1.29 is 0 Å². The molecule has 2 aromatic rings. The maximum atomic E-state index is 6.54. The molecule has 0 atom stereocenters. The van der Waals surface area contributed by atoms with Crippen LogP contribution < -0.4 is 11.5 Å². The molecule has 0 bridgehead atoms. The van der Waals surface area contributed by atoms with Crippen molar-refractivity contribution in [3.63, 3.8) is 0 Å². The highest BCUT2D eigenvalue weighted by Gasteiger charge is 2.25. The summed E-state index contributed by atoms with van der Waals surface area (Å²) in [6.07, 6.45) is 9.58. The predicted molar refractivity (Wildman–Crippen MR) is 76.5 cm³/mol. The van der Waals surface area contributed by atoms with Crippen LogP contribution in [0, 0.1) is 0 Å². The van der Waals surface area contributed by atoms with Gasteiger partial charge in [-0.05, 0) is 49.1 Å². The lowest BCUT2D eigenvalue weighted by atomic mass is 9.83. The lowest BCUT2D eigenvalue weighted by molar-refractivity contribution is 0.392. The number of hydrogen-bond donors (Lipinski definition) is 2. The predicted octanol–water partition coefficient (Wildman–Crippen LogP) is 1.31. The first kappa shape index (κ1) is 13.6. The van der Waals surface area contributed by atoms with Crippen LogP contribution in [0.1, 0.15) is 17.5 Å². The summed E-state index contributed by atoms with van der Waals surface area (Å²) in [4.78, 5) is 8.27. The fraction of sp³-hybridized carbons (Fsp3) is 0.333. The Morgan fingerprint density at radius 2 is 1.47 bits per heavy atom. The topological polar surface area (TPSA) is 77.8 Å². The van der Waals surface area contributed by atoms with E-state index in [1.807, 2.05) is 36.7 Å². The average Bonchev–Trinajstić information content (AvgIpc) is 2.41. The van der Waals surface area contributed by atoms with Crippen molar-refractivity contribution in [2.75, 3.05) is 6.54 Å². The Balaban J connectivity index is 2.13. The lowest BCUT2D eigenvalue weighted by Gasteiger charge is -2.29. The van der Waals surface area contributed by atoms with Gasteiger partial charge in [-0.15, -0.1) is 0 Å². The van der Waals surface area contributed by atoms with Gasteiger partial charge in [0.05, 0.1) is 0 Å². The quantitative estimate of drug-likeness (QED) is 0.817. The Labute approximate surface area is 113 Å². The second kappa shape index (κ2) is 6.41. The molecule has 0 radical (unpaired) electrons. The summed E-state index contributed by atoms with van der Waals surface area (Å²) in [6, 6.07) is 7.97. The first-order valence-corrected chi connectivity index (χ1v) is 6.49. The first-order chi connectivity index (χ1) is 9.22. The molecular formula is C15H20N4. The van der Waals surface area contributed by atoms with E-state index in [0.29, 0.717) is 6.54 Å². The van der Waals surface area contributed by atoms with Crippen LogP contribution in [0.3, 0.4) is 0 Å². The molecule has 2 aromatic heterocycles. The largest absolute Gasteiger partial charge is 0.330 e. The van der Waals surface area contributed by atoms with Gasteiger partial charge < -0.3 is 11.5 Å². The number of nitrogens with zero attached hydrogens (tertiary/aromatic N) is 2. The van der Waals surface area contributed by atoms with E-state index in [1.54, 1.807) is 12.4 Å². The van der Waals surface area contributed by atoms with E-state index in [1.165, 1.54) is 0 Å². The van der Waals surface area contributed by atoms with E-state index in [-0.39, 0.29) is 5.54 Å². The number of nitrogens with two attached hydrogens (primary N) is 2. The molecule has 4 heteroatoms. The zero-order chi connectivity index (χ0) is 13.6. The maximum Gasteiger partial charge on any atom is 0.0300 e. The molecule has 0 saturated heterocycles. The highest BCUT2D eigenvalue weighted by molar-refractivity contribution is 5.18. The molecule has 0 fully saturated rings. The fourth-order valence-corrected chi connectivity index (χ4v) is 2.35. The van der Waals surface area contributed by atoms with Gasteiger partial charge in [-0.25, -0.2) is 0 Å². The molecule has 100 valence electrons. The van der Waals surface area contributed by atoms with Gasteiger partial charge in [0.2, 0.25) is 0 Å². The Morgan fingerprint density at radius 3 is 1.84 bits per heavy atom. The van der Waals surface area contributed by atoms with Crippen molar-refractivity contribution in [3.05, 3.63) is 60.2 Å². The van der Waals surface area contributed by atoms with Gasteiger partial charge in [-0.3, -0.25) is 9.97 Å². The molecule has 0 saturated carbocycles. The Kier molecular flexibility index (Phi) is 4.60. The van der Waals surface area contributed by atoms with Crippen LogP contribution in [0.2, 0.25) is 0 Å². The lowest BCUT2D eigenvalue weighted by Crippen LogP contribution is -2.46. The summed E-state index contributed by atoms with van der Waals surface area (Å²) in [7, 11) is 0. The van der Waals surface area contributed by atoms with Crippen LogP contribution in [0.5, 0.6) is 0 Å². The van der Waals surface area contributed by atoms with E-state index in [9.17, 15) is 0 Å². The summed E-state index contributed by atoms with van der Waals surface area (Å²) < 4.78 is 0. The second-order valence-corrected chi connectivity index (χ2v) is 4.98. The third kappa shape index (κ3) is 4.12. The van der Waals surface area contributed by atoms with Crippen LogP contribution in [0.4, 0.5) is 0 Å². The summed E-state index contributed by atoms with van der Waals surface area (Å²) in [6.45, 7) is 0.580. The molecule has 0 amide bonds. The van der Waals surface area contributed by atoms with Crippen molar-refractivity contribution in [2.24, 2.45) is 11.5 Å². The third-order valence-corrected chi connectivity index (χ3v) is 3.20. The molecule has 0 aromatic carbocycles. The van der Waals surface area contributed by atoms with Crippen molar-refractivity contribution >= 4 is 0 Å². The molecule has 2 heterocycles. The second-order valence-electron chi connectivity index (χ2n) is 4.98. The number of aromatic nitrogens is 2. The molecule has 0 aliphatic rings. The Hall–Kier alpha value is -1.78. The molecule has 0 aliphatic heterocycles. The number of rotatable bonds is 6. The summed E-state index contributed by atoms with van der Waals surface area (Å²) in [5.41, 5.74) is 14.2. The molecule has 0 spiro atoms. The van der Waals surface area contributed by atoms with Gasteiger partial charge in [-0.1, -0.05) is 12.1 Å². The monoisotopic (exact) mass is 256 g/mol. The zero-order valence-corrected chi connectivity index (χ0v) is 11.0. The maximum absolute atomic E-state index is 6.54. The summed E-state index contributed by atoms with van der Waals surface area (Å²) in [5, 5.41) is 0. The molecule has 2 rings (SSSR count).